The lowest BCUT2D eigenvalue weighted by Gasteiger charge is -2.20. The summed E-state index contributed by atoms with van der Waals surface area (Å²) in [4.78, 5) is 28.5. The fourth-order valence-electron chi connectivity index (χ4n) is 2.47. The molecule has 0 aromatic carbocycles. The highest BCUT2D eigenvalue weighted by Gasteiger charge is 2.13. The molecule has 10 nitrogen and oxygen atoms in total. The molecule has 0 aliphatic heterocycles. The average molecular weight is 496 g/mol. The Hall–Kier alpha value is 0.840. The van der Waals surface area contributed by atoms with Crippen LogP contribution in [0, 0.1) is 0 Å². The van der Waals surface area contributed by atoms with Crippen LogP contribution >= 0.6 is 36.8 Å². The van der Waals surface area contributed by atoms with E-state index in [0.717, 1.165) is 76.3 Å². The van der Waals surface area contributed by atoms with Gasteiger partial charge >= 0.3 is 6.80 Å². The first-order chi connectivity index (χ1) is 13.7. The Morgan fingerprint density at radius 1 is 0.931 bits per heavy atom. The SMILES string of the molecule is CN(CCCCNCCCNCCS[PH](=O)O)CCCN(N)CCSP(=O)(O)O. The van der Waals surface area contributed by atoms with Crippen LogP contribution in [0.15, 0.2) is 0 Å². The summed E-state index contributed by atoms with van der Waals surface area (Å²) < 4.78 is 21.3. The summed E-state index contributed by atoms with van der Waals surface area (Å²) in [5.41, 5.74) is 0. The Morgan fingerprint density at radius 2 is 1.55 bits per heavy atom. The first kappa shape index (κ1) is 29.8. The fraction of sp³-hybridized carbons (Fsp3) is 1.00. The van der Waals surface area contributed by atoms with Crippen molar-refractivity contribution in [1.82, 2.24) is 20.5 Å². The first-order valence-electron chi connectivity index (χ1n) is 9.86. The van der Waals surface area contributed by atoms with E-state index in [2.05, 4.69) is 22.6 Å². The lowest BCUT2D eigenvalue weighted by molar-refractivity contribution is 0.258. The van der Waals surface area contributed by atoms with E-state index in [1.165, 1.54) is 0 Å². The monoisotopic (exact) mass is 495 g/mol. The van der Waals surface area contributed by atoms with Crippen LogP contribution in [0.1, 0.15) is 25.7 Å². The van der Waals surface area contributed by atoms with Gasteiger partial charge in [0.2, 0.25) is 7.23 Å². The summed E-state index contributed by atoms with van der Waals surface area (Å²) in [6, 6.07) is 0. The maximum atomic E-state index is 10.8. The van der Waals surface area contributed by atoms with Crippen LogP contribution in [0.5, 0.6) is 0 Å². The van der Waals surface area contributed by atoms with Gasteiger partial charge in [-0.05, 0) is 76.8 Å². The number of nitrogens with two attached hydrogens (primary N) is 1. The quantitative estimate of drug-likeness (QED) is 0.0577. The summed E-state index contributed by atoms with van der Waals surface area (Å²) in [6.45, 7) is 2.81. The van der Waals surface area contributed by atoms with E-state index in [1.807, 2.05) is 0 Å². The van der Waals surface area contributed by atoms with Gasteiger partial charge in [0, 0.05) is 31.1 Å². The number of hydrogen-bond acceptors (Lipinski definition) is 9. The van der Waals surface area contributed by atoms with E-state index in [0.29, 0.717) is 36.0 Å². The minimum Gasteiger partial charge on any atom is -0.339 e. The normalized spacial score (nSPS) is 13.5. The highest BCUT2D eigenvalue weighted by Crippen LogP contribution is 2.49. The molecular weight excluding hydrogens is 456 g/mol. The molecule has 29 heavy (non-hydrogen) atoms. The zero-order valence-corrected chi connectivity index (χ0v) is 20.8. The second-order valence-electron chi connectivity index (χ2n) is 6.69. The van der Waals surface area contributed by atoms with Crippen LogP contribution in [0.4, 0.5) is 0 Å². The minimum absolute atomic E-state index is 0.325. The van der Waals surface area contributed by atoms with Crippen molar-refractivity contribution in [3.63, 3.8) is 0 Å². The predicted molar refractivity (Wildman–Crippen MR) is 126 cm³/mol. The summed E-state index contributed by atoms with van der Waals surface area (Å²) >= 11 is 1.74. The molecule has 0 spiro atoms. The lowest BCUT2D eigenvalue weighted by atomic mass is 10.2. The molecule has 0 radical (unpaired) electrons. The van der Waals surface area contributed by atoms with Crippen molar-refractivity contribution in [3.05, 3.63) is 0 Å². The highest BCUT2D eigenvalue weighted by molar-refractivity contribution is 8.54. The van der Waals surface area contributed by atoms with Crippen molar-refractivity contribution in [2.24, 2.45) is 5.84 Å². The molecule has 0 fully saturated rings. The molecule has 176 valence electrons. The molecule has 0 aromatic rings. The number of rotatable bonds is 21. The topological polar surface area (TPSA) is 151 Å². The van der Waals surface area contributed by atoms with E-state index in [-0.39, 0.29) is 0 Å². The summed E-state index contributed by atoms with van der Waals surface area (Å²) in [7, 11) is -0.296. The van der Waals surface area contributed by atoms with Crippen LogP contribution in [0.2, 0.25) is 0 Å². The van der Waals surface area contributed by atoms with Gasteiger partial charge in [-0.1, -0.05) is 11.4 Å². The van der Waals surface area contributed by atoms with E-state index in [1.54, 1.807) is 5.01 Å². The molecule has 0 saturated heterocycles. The minimum atomic E-state index is -4.00. The molecule has 0 aromatic heterocycles. The Morgan fingerprint density at radius 3 is 2.21 bits per heavy atom. The average Bonchev–Trinajstić information content (AvgIpc) is 2.61. The van der Waals surface area contributed by atoms with Gasteiger partial charge in [-0.15, -0.1) is 0 Å². The number of hydrogen-bond donors (Lipinski definition) is 6. The van der Waals surface area contributed by atoms with Crippen molar-refractivity contribution in [3.8, 4) is 0 Å². The van der Waals surface area contributed by atoms with Crippen molar-refractivity contribution in [1.29, 1.82) is 0 Å². The van der Waals surface area contributed by atoms with E-state index in [4.69, 9.17) is 20.5 Å². The Balaban J connectivity index is 3.34. The molecule has 7 N–H and O–H groups in total. The van der Waals surface area contributed by atoms with Gasteiger partial charge in [0.05, 0.1) is 0 Å². The maximum Gasteiger partial charge on any atom is 0.384 e. The molecule has 0 heterocycles. The van der Waals surface area contributed by atoms with Crippen molar-refractivity contribution < 1.29 is 23.8 Å². The summed E-state index contributed by atoms with van der Waals surface area (Å²) in [5, 5.41) is 8.29. The molecule has 0 rings (SSSR count). The van der Waals surface area contributed by atoms with Gasteiger partial charge in [-0.25, -0.2) is 9.57 Å². The molecule has 0 aliphatic carbocycles. The number of nitrogens with zero attached hydrogens (tertiary/aromatic N) is 2. The lowest BCUT2D eigenvalue weighted by Crippen LogP contribution is -2.35. The van der Waals surface area contributed by atoms with Gasteiger partial charge in [0.25, 0.3) is 0 Å². The van der Waals surface area contributed by atoms with Gasteiger partial charge in [-0.2, -0.15) is 0 Å². The maximum absolute atomic E-state index is 10.8. The second kappa shape index (κ2) is 19.5. The molecule has 0 aliphatic rings. The molecule has 0 amide bonds. The van der Waals surface area contributed by atoms with Gasteiger partial charge in [-0.3, -0.25) is 10.4 Å². The second-order valence-corrected chi connectivity index (χ2v) is 13.7. The van der Waals surface area contributed by atoms with E-state index >= 15 is 0 Å². The fourth-order valence-corrected chi connectivity index (χ4v) is 5.24. The smallest absolute Gasteiger partial charge is 0.339 e. The largest absolute Gasteiger partial charge is 0.384 e. The van der Waals surface area contributed by atoms with Crippen molar-refractivity contribution >= 4 is 36.8 Å². The van der Waals surface area contributed by atoms with Crippen LogP contribution in [-0.4, -0.2) is 95.5 Å². The summed E-state index contributed by atoms with van der Waals surface area (Å²) in [6.07, 6.45) is 4.22. The number of nitrogens with one attached hydrogen (secondary N) is 2. The van der Waals surface area contributed by atoms with Crippen molar-refractivity contribution in [2.45, 2.75) is 25.7 Å². The summed E-state index contributed by atoms with van der Waals surface area (Å²) in [5.74, 6) is 6.83. The van der Waals surface area contributed by atoms with Crippen LogP contribution in [-0.2, 0) is 9.13 Å². The molecule has 14 heteroatoms. The van der Waals surface area contributed by atoms with E-state index in [9.17, 15) is 9.13 Å². The molecule has 1 atom stereocenters. The molecule has 1 unspecified atom stereocenters. The van der Waals surface area contributed by atoms with Gasteiger partial charge < -0.3 is 30.2 Å². The van der Waals surface area contributed by atoms with Crippen LogP contribution in [0.3, 0.4) is 0 Å². The Bertz CT molecular complexity index is 465. The third kappa shape index (κ3) is 25.0. The molecule has 0 bridgehead atoms. The first-order valence-corrected chi connectivity index (χ1v) is 16.1. The molecule has 0 saturated carbocycles. The third-order valence-electron chi connectivity index (χ3n) is 3.98. The highest BCUT2D eigenvalue weighted by atomic mass is 32.7. The third-order valence-corrected chi connectivity index (χ3v) is 8.24. The van der Waals surface area contributed by atoms with Crippen molar-refractivity contribution in [2.75, 3.05) is 70.9 Å². The molecular formula is C15H39N5O5P2S2. The van der Waals surface area contributed by atoms with Gasteiger partial charge in [0.15, 0.2) is 0 Å². The standard InChI is InChI=1S/C15H39N5O5P2S2/c1-19(11-5-12-20(16)13-15-29-27(23,24)25)10-3-2-6-17-7-4-8-18-9-14-28-26(21)22/h17-18,26H,2-16H2,1H3,(H,21,22)(H2,23,24,25). The Labute approximate surface area is 183 Å². The van der Waals surface area contributed by atoms with Gasteiger partial charge in [0.1, 0.15) is 0 Å². The number of hydrazine groups is 1. The zero-order valence-electron chi connectivity index (χ0n) is 17.3. The van der Waals surface area contributed by atoms with Crippen LogP contribution < -0.4 is 16.5 Å². The predicted octanol–water partition coefficient (Wildman–Crippen LogP) is 0.775. The van der Waals surface area contributed by atoms with E-state index < -0.39 is 14.0 Å². The zero-order chi connectivity index (χ0) is 22.0. The number of unbranched alkanes of at least 4 members (excludes halogenated alkanes) is 1. The van der Waals surface area contributed by atoms with Crippen LogP contribution in [0.25, 0.3) is 0 Å². The Kier molecular flexibility index (Phi) is 20.1.